The first kappa shape index (κ1) is 11.1. The summed E-state index contributed by atoms with van der Waals surface area (Å²) in [5.74, 6) is 0.115. The van der Waals surface area contributed by atoms with Gasteiger partial charge in [0.05, 0.1) is 0 Å². The molecule has 4 heteroatoms. The van der Waals surface area contributed by atoms with Crippen LogP contribution in [0.5, 0.6) is 5.75 Å². The molecule has 0 bridgehead atoms. The van der Waals surface area contributed by atoms with Crippen LogP contribution in [0, 0.1) is 0 Å². The largest absolute Gasteiger partial charge is 0.427 e. The van der Waals surface area contributed by atoms with Gasteiger partial charge in [0.25, 0.3) is 0 Å². The van der Waals surface area contributed by atoms with Gasteiger partial charge >= 0.3 is 5.97 Å². The lowest BCUT2D eigenvalue weighted by Gasteiger charge is -2.01. The van der Waals surface area contributed by atoms with Crippen molar-refractivity contribution in [1.29, 1.82) is 0 Å². The van der Waals surface area contributed by atoms with Crippen molar-refractivity contribution in [3.05, 3.63) is 34.3 Å². The third-order valence-electron chi connectivity index (χ3n) is 1.40. The highest BCUT2D eigenvalue weighted by atomic mass is 35.5. The summed E-state index contributed by atoms with van der Waals surface area (Å²) in [7, 11) is 0. The maximum absolute atomic E-state index is 10.7. The number of carbonyl (C=O) groups is 1. The molecule has 0 N–H and O–H groups in total. The highest BCUT2D eigenvalue weighted by Gasteiger charge is 1.98. The summed E-state index contributed by atoms with van der Waals surface area (Å²) in [5, 5.41) is 0. The molecule has 0 aliphatic carbocycles. The lowest BCUT2D eigenvalue weighted by atomic mass is 10.2. The van der Waals surface area contributed by atoms with E-state index < -0.39 is 0 Å². The van der Waals surface area contributed by atoms with Crippen LogP contribution in [0.3, 0.4) is 0 Å². The summed E-state index contributed by atoms with van der Waals surface area (Å²) in [6.07, 6.45) is 1.57. The van der Waals surface area contributed by atoms with Gasteiger partial charge in [0.1, 0.15) is 10.2 Å². The average Bonchev–Trinajstić information content (AvgIpc) is 2.01. The molecule has 0 saturated carbocycles. The van der Waals surface area contributed by atoms with E-state index in [1.807, 2.05) is 0 Å². The van der Waals surface area contributed by atoms with Crippen molar-refractivity contribution in [3.8, 4) is 5.75 Å². The second-order valence-corrected chi connectivity index (χ2v) is 3.61. The van der Waals surface area contributed by atoms with Gasteiger partial charge in [0, 0.05) is 6.92 Å². The predicted octanol–water partition coefficient (Wildman–Crippen LogP) is 3.39. The van der Waals surface area contributed by atoms with Gasteiger partial charge in [-0.3, -0.25) is 4.79 Å². The van der Waals surface area contributed by atoms with Gasteiger partial charge in [0.2, 0.25) is 0 Å². The fraction of sp³-hybridized carbons (Fsp3) is 0.100. The maximum Gasteiger partial charge on any atom is 0.308 e. The zero-order valence-electron chi connectivity index (χ0n) is 7.46. The molecule has 0 unspecified atom stereocenters. The molecule has 14 heavy (non-hydrogen) atoms. The zero-order chi connectivity index (χ0) is 10.6. The van der Waals surface area contributed by atoms with Gasteiger partial charge < -0.3 is 4.74 Å². The number of benzene rings is 1. The fourth-order valence-corrected chi connectivity index (χ4v) is 1.21. The molecule has 0 radical (unpaired) electrons. The molecule has 0 fully saturated rings. The van der Waals surface area contributed by atoms with Crippen molar-refractivity contribution in [2.75, 3.05) is 0 Å². The van der Waals surface area contributed by atoms with Gasteiger partial charge in [-0.25, -0.2) is 0 Å². The van der Waals surface area contributed by atoms with Crippen molar-refractivity contribution in [1.82, 2.24) is 0 Å². The highest BCUT2D eigenvalue weighted by molar-refractivity contribution is 6.57. The molecule has 1 aromatic carbocycles. The third-order valence-corrected chi connectivity index (χ3v) is 1.61. The van der Waals surface area contributed by atoms with Crippen molar-refractivity contribution in [2.24, 2.45) is 0 Å². The molecule has 0 spiro atoms. The minimum atomic E-state index is -0.358. The van der Waals surface area contributed by atoms with Gasteiger partial charge in [-0.15, -0.1) is 0 Å². The van der Waals surface area contributed by atoms with Crippen molar-refractivity contribution in [3.63, 3.8) is 0 Å². The van der Waals surface area contributed by atoms with E-state index in [4.69, 9.17) is 27.9 Å². The Kier molecular flexibility index (Phi) is 3.98. The van der Waals surface area contributed by atoms with Gasteiger partial charge in [-0.1, -0.05) is 35.3 Å². The summed E-state index contributed by atoms with van der Waals surface area (Å²) < 4.78 is 5.04. The van der Waals surface area contributed by atoms with Crippen LogP contribution in [0.2, 0.25) is 0 Å². The van der Waals surface area contributed by atoms with E-state index in [1.54, 1.807) is 30.3 Å². The molecule has 0 heterocycles. The number of esters is 1. The lowest BCUT2D eigenvalue weighted by molar-refractivity contribution is -0.131. The number of hydrogen-bond donors (Lipinski definition) is 0. The summed E-state index contributed by atoms with van der Waals surface area (Å²) in [6.45, 7) is 1.34. The Morgan fingerprint density at radius 2 is 2.14 bits per heavy atom. The first-order chi connectivity index (χ1) is 6.58. The SMILES string of the molecule is CC(=O)Oc1cccc(C=C(Cl)Cl)c1. The molecule has 0 atom stereocenters. The summed E-state index contributed by atoms with van der Waals surface area (Å²) in [5.41, 5.74) is 0.781. The lowest BCUT2D eigenvalue weighted by Crippen LogP contribution is -2.00. The molecule has 1 rings (SSSR count). The van der Waals surface area contributed by atoms with Crippen molar-refractivity contribution < 1.29 is 9.53 Å². The first-order valence-corrected chi connectivity index (χ1v) is 4.64. The van der Waals surface area contributed by atoms with E-state index in [9.17, 15) is 4.79 Å². The van der Waals surface area contributed by atoms with Gasteiger partial charge in [-0.05, 0) is 23.8 Å². The Hall–Kier alpha value is -0.990. The molecule has 1 aromatic rings. The maximum atomic E-state index is 10.7. The second-order valence-electron chi connectivity index (χ2n) is 2.60. The molecule has 0 saturated heterocycles. The van der Waals surface area contributed by atoms with Crippen LogP contribution < -0.4 is 4.74 Å². The smallest absolute Gasteiger partial charge is 0.308 e. The number of ether oxygens (including phenoxy) is 1. The average molecular weight is 231 g/mol. The molecule has 0 aromatic heterocycles. The fourth-order valence-electron chi connectivity index (χ4n) is 0.960. The summed E-state index contributed by atoms with van der Waals surface area (Å²) in [6, 6.07) is 6.91. The Bertz CT molecular complexity index is 368. The monoisotopic (exact) mass is 230 g/mol. The van der Waals surface area contributed by atoms with Crippen LogP contribution >= 0.6 is 23.2 Å². The van der Waals surface area contributed by atoms with Crippen LogP contribution in [0.4, 0.5) is 0 Å². The molecule has 0 aliphatic rings. The third kappa shape index (κ3) is 3.81. The number of halogens is 2. The van der Waals surface area contributed by atoms with Crippen LogP contribution in [0.25, 0.3) is 6.08 Å². The molecule has 0 aliphatic heterocycles. The van der Waals surface area contributed by atoms with E-state index >= 15 is 0 Å². The van der Waals surface area contributed by atoms with Gasteiger partial charge in [0.15, 0.2) is 0 Å². The van der Waals surface area contributed by atoms with Gasteiger partial charge in [-0.2, -0.15) is 0 Å². The molecule has 0 amide bonds. The quantitative estimate of drug-likeness (QED) is 0.576. The van der Waals surface area contributed by atoms with Crippen LogP contribution in [0.1, 0.15) is 12.5 Å². The second kappa shape index (κ2) is 5.03. The standard InChI is InChI=1S/C10H8Cl2O2/c1-7(13)14-9-4-2-3-8(5-9)6-10(11)12/h2-6H,1H3. The molecule has 74 valence electrons. The Morgan fingerprint density at radius 3 is 2.71 bits per heavy atom. The molecular weight excluding hydrogens is 223 g/mol. The number of rotatable bonds is 2. The number of carbonyl (C=O) groups excluding carboxylic acids is 1. The summed E-state index contributed by atoms with van der Waals surface area (Å²) in [4.78, 5) is 10.7. The Morgan fingerprint density at radius 1 is 1.43 bits per heavy atom. The van der Waals surface area contributed by atoms with Crippen LogP contribution in [-0.4, -0.2) is 5.97 Å². The van der Waals surface area contributed by atoms with E-state index in [0.717, 1.165) is 5.56 Å². The van der Waals surface area contributed by atoms with Crippen molar-refractivity contribution in [2.45, 2.75) is 6.92 Å². The number of hydrogen-bond acceptors (Lipinski definition) is 2. The van der Waals surface area contributed by atoms with E-state index in [-0.39, 0.29) is 10.5 Å². The molecule has 2 nitrogen and oxygen atoms in total. The minimum Gasteiger partial charge on any atom is -0.427 e. The summed E-state index contributed by atoms with van der Waals surface area (Å²) >= 11 is 11.0. The van der Waals surface area contributed by atoms with Crippen molar-refractivity contribution >= 4 is 35.2 Å². The highest BCUT2D eigenvalue weighted by Crippen LogP contribution is 2.18. The first-order valence-electron chi connectivity index (χ1n) is 3.89. The Labute approximate surface area is 92.1 Å². The van der Waals surface area contributed by atoms with E-state index in [2.05, 4.69) is 0 Å². The molecular formula is C10H8Cl2O2. The topological polar surface area (TPSA) is 26.3 Å². The predicted molar refractivity (Wildman–Crippen MR) is 57.4 cm³/mol. The Balaban J connectivity index is 2.89. The normalized spacial score (nSPS) is 9.36. The van der Waals surface area contributed by atoms with Crippen LogP contribution in [0.15, 0.2) is 28.8 Å². The van der Waals surface area contributed by atoms with E-state index in [1.165, 1.54) is 6.92 Å². The zero-order valence-corrected chi connectivity index (χ0v) is 8.97. The minimum absolute atomic E-state index is 0.157. The van der Waals surface area contributed by atoms with Crippen LogP contribution in [-0.2, 0) is 4.79 Å². The van der Waals surface area contributed by atoms with E-state index in [0.29, 0.717) is 5.75 Å².